The van der Waals surface area contributed by atoms with E-state index in [0.717, 1.165) is 50.1 Å². The first-order valence-electron chi connectivity index (χ1n) is 10.2. The molecule has 0 aliphatic carbocycles. The van der Waals surface area contributed by atoms with Gasteiger partial charge in [-0.3, -0.25) is 4.79 Å². The van der Waals surface area contributed by atoms with E-state index in [1.165, 1.54) is 5.56 Å². The number of likely N-dealkylation sites (tertiary alicyclic amines) is 1. The lowest BCUT2D eigenvalue weighted by molar-refractivity contribution is 0.0100. The van der Waals surface area contributed by atoms with Gasteiger partial charge in [-0.25, -0.2) is 4.68 Å². The molecule has 3 aromatic rings. The van der Waals surface area contributed by atoms with Gasteiger partial charge in [-0.05, 0) is 42.5 Å². The van der Waals surface area contributed by atoms with Gasteiger partial charge in [0.15, 0.2) is 0 Å². The number of hydrogen-bond acceptors (Lipinski definition) is 4. The number of piperidine rings is 1. The number of amides is 1. The van der Waals surface area contributed by atoms with Crippen molar-refractivity contribution < 1.29 is 9.53 Å². The highest BCUT2D eigenvalue weighted by atomic mass is 16.5. The molecule has 1 aromatic heterocycles. The van der Waals surface area contributed by atoms with E-state index < -0.39 is 0 Å². The van der Waals surface area contributed by atoms with Crippen molar-refractivity contribution in [2.75, 3.05) is 19.7 Å². The molecule has 29 heavy (non-hydrogen) atoms. The third-order valence-corrected chi connectivity index (χ3v) is 5.33. The first-order chi connectivity index (χ1) is 14.3. The molecule has 0 N–H and O–H groups in total. The van der Waals surface area contributed by atoms with Gasteiger partial charge in [0, 0.05) is 24.8 Å². The predicted octanol–water partition coefficient (Wildman–Crippen LogP) is 3.19. The Labute approximate surface area is 171 Å². The van der Waals surface area contributed by atoms with Crippen LogP contribution < -0.4 is 0 Å². The van der Waals surface area contributed by atoms with Gasteiger partial charge < -0.3 is 9.64 Å². The van der Waals surface area contributed by atoms with Crippen molar-refractivity contribution >= 4 is 5.91 Å². The first-order valence-corrected chi connectivity index (χ1v) is 10.2. The lowest BCUT2D eigenvalue weighted by Crippen LogP contribution is -2.41. The van der Waals surface area contributed by atoms with Gasteiger partial charge in [-0.15, -0.1) is 5.10 Å². The summed E-state index contributed by atoms with van der Waals surface area (Å²) in [4.78, 5) is 14.7. The fourth-order valence-electron chi connectivity index (χ4n) is 3.65. The molecule has 1 fully saturated rings. The summed E-state index contributed by atoms with van der Waals surface area (Å²) in [6.45, 7) is 2.88. The summed E-state index contributed by atoms with van der Waals surface area (Å²) in [5.74, 6) is 0.0973. The van der Waals surface area contributed by atoms with Crippen LogP contribution in [-0.2, 0) is 17.7 Å². The van der Waals surface area contributed by atoms with Crippen LogP contribution in [0.3, 0.4) is 0 Å². The summed E-state index contributed by atoms with van der Waals surface area (Å²) >= 11 is 0. The predicted molar refractivity (Wildman–Crippen MR) is 111 cm³/mol. The van der Waals surface area contributed by atoms with Crippen LogP contribution in [0, 0.1) is 0 Å². The van der Waals surface area contributed by atoms with E-state index in [-0.39, 0.29) is 12.0 Å². The molecule has 1 saturated heterocycles. The zero-order valence-electron chi connectivity index (χ0n) is 16.5. The summed E-state index contributed by atoms with van der Waals surface area (Å²) in [7, 11) is 0. The third kappa shape index (κ3) is 5.29. The molecule has 6 heteroatoms. The zero-order valence-corrected chi connectivity index (χ0v) is 16.5. The smallest absolute Gasteiger partial charge is 0.253 e. The molecular weight excluding hydrogens is 364 g/mol. The van der Waals surface area contributed by atoms with E-state index in [1.807, 2.05) is 41.4 Å². The molecule has 0 atom stereocenters. The van der Waals surface area contributed by atoms with E-state index >= 15 is 0 Å². The van der Waals surface area contributed by atoms with Gasteiger partial charge in [0.25, 0.3) is 5.91 Å². The van der Waals surface area contributed by atoms with Crippen molar-refractivity contribution in [2.24, 2.45) is 0 Å². The van der Waals surface area contributed by atoms with Gasteiger partial charge in [0.2, 0.25) is 0 Å². The average molecular weight is 390 g/mol. The minimum Gasteiger partial charge on any atom is -0.378 e. The van der Waals surface area contributed by atoms with Gasteiger partial charge in [-0.2, -0.15) is 0 Å². The topological polar surface area (TPSA) is 60.2 Å². The second-order valence-electron chi connectivity index (χ2n) is 7.40. The highest BCUT2D eigenvalue weighted by Crippen LogP contribution is 2.17. The molecule has 1 aliphatic rings. The van der Waals surface area contributed by atoms with Crippen LogP contribution in [0.5, 0.6) is 0 Å². The number of carbonyl (C=O) groups excluding carboxylic acids is 1. The zero-order chi connectivity index (χ0) is 19.9. The van der Waals surface area contributed by atoms with Crippen LogP contribution in [-0.4, -0.2) is 51.6 Å². The van der Waals surface area contributed by atoms with Crippen molar-refractivity contribution in [1.29, 1.82) is 0 Å². The van der Waals surface area contributed by atoms with E-state index in [9.17, 15) is 4.79 Å². The van der Waals surface area contributed by atoms with E-state index in [2.05, 4.69) is 34.6 Å². The molecule has 150 valence electrons. The Morgan fingerprint density at radius 3 is 2.45 bits per heavy atom. The standard InChI is InChI=1S/C23H26N4O2/c28-23(21-8-6-20(7-9-21)18-27-16-13-24-25-27)26-14-10-22(11-15-26)29-17-12-19-4-2-1-3-5-19/h1-9,13,16,22H,10-12,14-15,17-18H2. The molecule has 6 nitrogen and oxygen atoms in total. The Bertz CT molecular complexity index is 886. The largest absolute Gasteiger partial charge is 0.378 e. The number of carbonyl (C=O) groups is 1. The summed E-state index contributed by atoms with van der Waals surface area (Å²) in [5, 5.41) is 7.77. The van der Waals surface area contributed by atoms with Crippen LogP contribution >= 0.6 is 0 Å². The molecule has 0 unspecified atom stereocenters. The maximum atomic E-state index is 12.8. The van der Waals surface area contributed by atoms with Crippen molar-refractivity contribution in [1.82, 2.24) is 19.9 Å². The fraction of sp³-hybridized carbons (Fsp3) is 0.348. The number of benzene rings is 2. The molecule has 0 bridgehead atoms. The van der Waals surface area contributed by atoms with Crippen molar-refractivity contribution in [2.45, 2.75) is 31.9 Å². The number of rotatable bonds is 7. The van der Waals surface area contributed by atoms with Crippen LogP contribution in [0.25, 0.3) is 0 Å². The number of ether oxygens (including phenoxy) is 1. The molecule has 2 heterocycles. The Morgan fingerprint density at radius 1 is 1.00 bits per heavy atom. The maximum absolute atomic E-state index is 12.8. The van der Waals surface area contributed by atoms with Crippen LogP contribution in [0.15, 0.2) is 67.0 Å². The fourth-order valence-corrected chi connectivity index (χ4v) is 3.65. The number of hydrogen-bond donors (Lipinski definition) is 0. The van der Waals surface area contributed by atoms with Crippen molar-refractivity contribution in [3.63, 3.8) is 0 Å². The lowest BCUT2D eigenvalue weighted by Gasteiger charge is -2.32. The molecule has 0 saturated carbocycles. The van der Waals surface area contributed by atoms with Crippen LogP contribution in [0.2, 0.25) is 0 Å². The Morgan fingerprint density at radius 2 is 1.76 bits per heavy atom. The minimum atomic E-state index is 0.0973. The van der Waals surface area contributed by atoms with Crippen LogP contribution in [0.4, 0.5) is 0 Å². The van der Waals surface area contributed by atoms with Crippen LogP contribution in [0.1, 0.15) is 34.3 Å². The van der Waals surface area contributed by atoms with E-state index in [4.69, 9.17) is 4.74 Å². The minimum absolute atomic E-state index is 0.0973. The second-order valence-corrected chi connectivity index (χ2v) is 7.40. The summed E-state index contributed by atoms with van der Waals surface area (Å²) in [5.41, 5.74) is 3.13. The Kier molecular flexibility index (Phi) is 6.32. The van der Waals surface area contributed by atoms with Crippen molar-refractivity contribution in [3.8, 4) is 0 Å². The Hall–Kier alpha value is -2.99. The molecular formula is C23H26N4O2. The normalized spacial score (nSPS) is 14.8. The molecule has 0 spiro atoms. The van der Waals surface area contributed by atoms with E-state index in [0.29, 0.717) is 6.54 Å². The lowest BCUT2D eigenvalue weighted by atomic mass is 10.1. The SMILES string of the molecule is O=C(c1ccc(Cn2ccnn2)cc1)N1CCC(OCCc2ccccc2)CC1. The number of nitrogens with zero attached hydrogens (tertiary/aromatic N) is 4. The third-order valence-electron chi connectivity index (χ3n) is 5.33. The Balaban J connectivity index is 1.22. The van der Waals surface area contributed by atoms with Gasteiger partial charge in [-0.1, -0.05) is 47.7 Å². The maximum Gasteiger partial charge on any atom is 0.253 e. The summed E-state index contributed by atoms with van der Waals surface area (Å²) in [6.07, 6.45) is 6.45. The number of aromatic nitrogens is 3. The molecule has 1 aliphatic heterocycles. The highest BCUT2D eigenvalue weighted by Gasteiger charge is 2.24. The van der Waals surface area contributed by atoms with Gasteiger partial charge in [0.1, 0.15) is 0 Å². The second kappa shape index (κ2) is 9.47. The van der Waals surface area contributed by atoms with Crippen molar-refractivity contribution in [3.05, 3.63) is 83.7 Å². The molecule has 1 amide bonds. The highest BCUT2D eigenvalue weighted by molar-refractivity contribution is 5.94. The van der Waals surface area contributed by atoms with Gasteiger partial charge in [0.05, 0.1) is 25.5 Å². The van der Waals surface area contributed by atoms with Gasteiger partial charge >= 0.3 is 0 Å². The molecule has 0 radical (unpaired) electrons. The molecule has 4 rings (SSSR count). The quantitative estimate of drug-likeness (QED) is 0.622. The summed E-state index contributed by atoms with van der Waals surface area (Å²) in [6, 6.07) is 18.2. The summed E-state index contributed by atoms with van der Waals surface area (Å²) < 4.78 is 7.80. The average Bonchev–Trinajstić information content (AvgIpc) is 3.28. The molecule has 2 aromatic carbocycles. The van der Waals surface area contributed by atoms with E-state index in [1.54, 1.807) is 10.9 Å². The monoisotopic (exact) mass is 390 g/mol. The first kappa shape index (κ1) is 19.3.